The molecule has 0 saturated carbocycles. The summed E-state index contributed by atoms with van der Waals surface area (Å²) >= 11 is 0. The maximum atomic E-state index is 12.6. The van der Waals surface area contributed by atoms with Gasteiger partial charge in [0, 0.05) is 11.1 Å². The quantitative estimate of drug-likeness (QED) is 0.578. The van der Waals surface area contributed by atoms with E-state index < -0.39 is 0 Å². The number of ketones is 1. The number of carbonyl (C=O) groups is 1. The van der Waals surface area contributed by atoms with Gasteiger partial charge in [-0.2, -0.15) is 5.26 Å². The molecule has 1 aliphatic rings. The fourth-order valence-electron chi connectivity index (χ4n) is 2.71. The molecule has 0 saturated heterocycles. The van der Waals surface area contributed by atoms with Crippen molar-refractivity contribution in [3.8, 4) is 6.07 Å². The Bertz CT molecular complexity index is 748. The molecule has 0 N–H and O–H groups in total. The van der Waals surface area contributed by atoms with Gasteiger partial charge in [-0.1, -0.05) is 36.4 Å². The predicted molar refractivity (Wildman–Crippen MR) is 82.8 cm³/mol. The second-order valence-corrected chi connectivity index (χ2v) is 5.24. The van der Waals surface area contributed by atoms with E-state index >= 15 is 0 Å². The fraction of sp³-hybridized carbons (Fsp3) is 0.158. The Morgan fingerprint density at radius 3 is 2.52 bits per heavy atom. The van der Waals surface area contributed by atoms with E-state index in [4.69, 9.17) is 5.26 Å². The van der Waals surface area contributed by atoms with Crippen LogP contribution in [-0.4, -0.2) is 5.78 Å². The first kappa shape index (κ1) is 13.3. The molecule has 21 heavy (non-hydrogen) atoms. The lowest BCUT2D eigenvalue weighted by Crippen LogP contribution is -2.03. The second kappa shape index (κ2) is 5.76. The molecule has 0 heterocycles. The molecule has 3 rings (SSSR count). The van der Waals surface area contributed by atoms with Crippen molar-refractivity contribution in [1.82, 2.24) is 0 Å². The third-order valence-electron chi connectivity index (χ3n) is 3.83. The molecule has 102 valence electrons. The van der Waals surface area contributed by atoms with Gasteiger partial charge in [0.25, 0.3) is 0 Å². The van der Waals surface area contributed by atoms with Crippen LogP contribution < -0.4 is 0 Å². The standard InChI is InChI=1S/C19H15NO/c20-13-15-10-8-14(9-11-15)12-17-6-3-5-16-4-1-2-7-18(16)19(17)21/h1-2,4,7-12H,3,5-6H2. The van der Waals surface area contributed by atoms with Gasteiger partial charge in [0.1, 0.15) is 0 Å². The predicted octanol–water partition coefficient (Wildman–Crippen LogP) is 4.16. The van der Waals surface area contributed by atoms with Gasteiger partial charge in [-0.05, 0) is 48.6 Å². The number of allylic oxidation sites excluding steroid dienone is 1. The number of nitriles is 1. The zero-order chi connectivity index (χ0) is 14.7. The highest BCUT2D eigenvalue weighted by Crippen LogP contribution is 2.25. The van der Waals surface area contributed by atoms with Crippen molar-refractivity contribution in [3.63, 3.8) is 0 Å². The molecule has 0 aromatic heterocycles. The third kappa shape index (κ3) is 2.78. The minimum Gasteiger partial charge on any atom is -0.289 e. The smallest absolute Gasteiger partial charge is 0.189 e. The Morgan fingerprint density at radius 2 is 1.76 bits per heavy atom. The molecule has 2 heteroatoms. The van der Waals surface area contributed by atoms with Crippen molar-refractivity contribution in [1.29, 1.82) is 5.26 Å². The fourth-order valence-corrected chi connectivity index (χ4v) is 2.71. The summed E-state index contributed by atoms with van der Waals surface area (Å²) in [6, 6.07) is 17.3. The molecular weight excluding hydrogens is 258 g/mol. The summed E-state index contributed by atoms with van der Waals surface area (Å²) in [6.07, 6.45) is 4.69. The van der Waals surface area contributed by atoms with E-state index in [1.807, 2.05) is 42.5 Å². The van der Waals surface area contributed by atoms with E-state index in [-0.39, 0.29) is 5.78 Å². The minimum atomic E-state index is 0.132. The van der Waals surface area contributed by atoms with Crippen molar-refractivity contribution in [2.24, 2.45) is 0 Å². The lowest BCUT2D eigenvalue weighted by atomic mass is 9.98. The second-order valence-electron chi connectivity index (χ2n) is 5.24. The van der Waals surface area contributed by atoms with E-state index in [0.29, 0.717) is 5.56 Å². The summed E-state index contributed by atoms with van der Waals surface area (Å²) in [7, 11) is 0. The number of carbonyl (C=O) groups excluding carboxylic acids is 1. The maximum Gasteiger partial charge on any atom is 0.189 e. The Morgan fingerprint density at radius 1 is 1.00 bits per heavy atom. The first-order valence-electron chi connectivity index (χ1n) is 7.11. The SMILES string of the molecule is N#Cc1ccc(C=C2CCCc3ccccc3C2=O)cc1. The molecule has 2 aromatic rings. The highest BCUT2D eigenvalue weighted by Gasteiger charge is 2.19. The van der Waals surface area contributed by atoms with E-state index in [2.05, 4.69) is 6.07 Å². The lowest BCUT2D eigenvalue weighted by Gasteiger charge is -2.05. The van der Waals surface area contributed by atoms with Gasteiger partial charge in [-0.15, -0.1) is 0 Å². The molecule has 0 unspecified atom stereocenters. The number of rotatable bonds is 1. The average Bonchev–Trinajstić information content (AvgIpc) is 2.69. The summed E-state index contributed by atoms with van der Waals surface area (Å²) in [5.74, 6) is 0.132. The van der Waals surface area contributed by atoms with E-state index in [9.17, 15) is 4.79 Å². The van der Waals surface area contributed by atoms with Crippen molar-refractivity contribution < 1.29 is 4.79 Å². The van der Waals surface area contributed by atoms with Crippen LogP contribution in [0.15, 0.2) is 54.1 Å². The topological polar surface area (TPSA) is 40.9 Å². The van der Waals surface area contributed by atoms with Crippen LogP contribution in [0.5, 0.6) is 0 Å². The highest BCUT2D eigenvalue weighted by atomic mass is 16.1. The molecule has 2 nitrogen and oxygen atoms in total. The number of aryl methyl sites for hydroxylation is 1. The normalized spacial score (nSPS) is 16.1. The Balaban J connectivity index is 1.96. The van der Waals surface area contributed by atoms with Crippen LogP contribution in [0.3, 0.4) is 0 Å². The van der Waals surface area contributed by atoms with Crippen molar-refractivity contribution in [3.05, 3.63) is 76.4 Å². The van der Waals surface area contributed by atoms with Crippen molar-refractivity contribution in [2.45, 2.75) is 19.3 Å². The Hall–Kier alpha value is -2.66. The molecule has 0 fully saturated rings. The molecule has 0 atom stereocenters. The minimum absolute atomic E-state index is 0.132. The molecule has 0 radical (unpaired) electrons. The number of Topliss-reactive ketones (excluding diaryl/α,β-unsaturated/α-hetero) is 1. The van der Waals surface area contributed by atoms with Gasteiger partial charge in [0.2, 0.25) is 0 Å². The first-order chi connectivity index (χ1) is 10.3. The summed E-state index contributed by atoms with van der Waals surface area (Å²) in [4.78, 5) is 12.6. The van der Waals surface area contributed by atoms with E-state index in [1.165, 1.54) is 0 Å². The first-order valence-corrected chi connectivity index (χ1v) is 7.11. The van der Waals surface area contributed by atoms with E-state index in [0.717, 1.165) is 41.5 Å². The highest BCUT2D eigenvalue weighted by molar-refractivity contribution is 6.12. The zero-order valence-electron chi connectivity index (χ0n) is 11.7. The van der Waals surface area contributed by atoms with Crippen LogP contribution in [0.4, 0.5) is 0 Å². The van der Waals surface area contributed by atoms with Gasteiger partial charge in [-0.3, -0.25) is 4.79 Å². The molecule has 2 aromatic carbocycles. The van der Waals surface area contributed by atoms with Crippen LogP contribution in [0.1, 0.15) is 39.9 Å². The van der Waals surface area contributed by atoms with Crippen LogP contribution in [0.25, 0.3) is 6.08 Å². The van der Waals surface area contributed by atoms with Gasteiger partial charge in [0.05, 0.1) is 11.6 Å². The van der Waals surface area contributed by atoms with Crippen LogP contribution in [0, 0.1) is 11.3 Å². The van der Waals surface area contributed by atoms with Crippen LogP contribution >= 0.6 is 0 Å². The third-order valence-corrected chi connectivity index (χ3v) is 3.83. The van der Waals surface area contributed by atoms with Crippen LogP contribution in [-0.2, 0) is 6.42 Å². The van der Waals surface area contributed by atoms with Crippen molar-refractivity contribution >= 4 is 11.9 Å². The molecular formula is C19H15NO. The van der Waals surface area contributed by atoms with Crippen LogP contribution in [0.2, 0.25) is 0 Å². The summed E-state index contributed by atoms with van der Waals surface area (Å²) in [5.41, 5.74) is 4.43. The summed E-state index contributed by atoms with van der Waals surface area (Å²) in [5, 5.41) is 8.82. The van der Waals surface area contributed by atoms with Gasteiger partial charge in [-0.25, -0.2) is 0 Å². The molecule has 0 amide bonds. The molecule has 0 spiro atoms. The average molecular weight is 273 g/mol. The summed E-state index contributed by atoms with van der Waals surface area (Å²) < 4.78 is 0. The zero-order valence-corrected chi connectivity index (χ0v) is 11.7. The number of hydrogen-bond donors (Lipinski definition) is 0. The molecule has 1 aliphatic carbocycles. The summed E-state index contributed by atoms with van der Waals surface area (Å²) in [6.45, 7) is 0. The maximum absolute atomic E-state index is 12.6. The number of hydrogen-bond acceptors (Lipinski definition) is 2. The number of nitrogens with zero attached hydrogens (tertiary/aromatic N) is 1. The molecule has 0 bridgehead atoms. The molecule has 0 aliphatic heterocycles. The van der Waals surface area contributed by atoms with Gasteiger partial charge >= 0.3 is 0 Å². The Labute approximate surface area is 124 Å². The number of fused-ring (bicyclic) bond motifs is 1. The van der Waals surface area contributed by atoms with Gasteiger partial charge in [0.15, 0.2) is 5.78 Å². The van der Waals surface area contributed by atoms with Gasteiger partial charge < -0.3 is 0 Å². The largest absolute Gasteiger partial charge is 0.289 e. The van der Waals surface area contributed by atoms with Crippen molar-refractivity contribution in [2.75, 3.05) is 0 Å². The van der Waals surface area contributed by atoms with E-state index in [1.54, 1.807) is 12.1 Å². The number of benzene rings is 2. The monoisotopic (exact) mass is 273 g/mol. The Kier molecular flexibility index (Phi) is 3.66. The lowest BCUT2D eigenvalue weighted by molar-refractivity contribution is 0.103.